The highest BCUT2D eigenvalue weighted by molar-refractivity contribution is 7.18. The molecule has 0 radical (unpaired) electrons. The van der Waals surface area contributed by atoms with E-state index in [9.17, 15) is 0 Å². The van der Waals surface area contributed by atoms with Gasteiger partial charge in [0.25, 0.3) is 0 Å². The summed E-state index contributed by atoms with van der Waals surface area (Å²) >= 11 is 7.66. The minimum atomic E-state index is 0.272. The Balaban J connectivity index is 2.39. The average molecular weight is 316 g/mol. The topological polar surface area (TPSA) is 47.5 Å². The number of fused-ring (bicyclic) bond motifs is 1. The summed E-state index contributed by atoms with van der Waals surface area (Å²) in [6.07, 6.45) is 0. The van der Waals surface area contributed by atoms with Crippen molar-refractivity contribution in [2.75, 3.05) is 45.4 Å². The molecule has 2 heterocycles. The second-order valence-electron chi connectivity index (χ2n) is 4.36. The number of halogens is 1. The van der Waals surface area contributed by atoms with Gasteiger partial charge in [-0.15, -0.1) is 11.3 Å². The summed E-state index contributed by atoms with van der Waals surface area (Å²) in [7, 11) is 3.37. The lowest BCUT2D eigenvalue weighted by molar-refractivity contribution is 0.190. The molecule has 0 aliphatic rings. The first-order chi connectivity index (χ1) is 9.65. The standard InChI is InChI=1S/C13H18ClN3O2S/c1-9-8-10-11(15-13(14)16-12(10)20-9)17(4-6-18-2)5-7-19-3/h8H,4-7H2,1-3H3. The third-order valence-electron chi connectivity index (χ3n) is 2.90. The number of nitrogens with zero attached hydrogens (tertiary/aromatic N) is 3. The van der Waals surface area contributed by atoms with E-state index in [0.29, 0.717) is 13.2 Å². The molecule has 0 bridgehead atoms. The average Bonchev–Trinajstić information content (AvgIpc) is 2.78. The lowest BCUT2D eigenvalue weighted by Crippen LogP contribution is -2.31. The molecular formula is C13H18ClN3O2S. The number of aryl methyl sites for hydroxylation is 1. The minimum absolute atomic E-state index is 0.272. The molecular weight excluding hydrogens is 298 g/mol. The van der Waals surface area contributed by atoms with Gasteiger partial charge in [-0.05, 0) is 24.6 Å². The summed E-state index contributed by atoms with van der Waals surface area (Å²) in [6.45, 7) is 4.76. The van der Waals surface area contributed by atoms with Crippen molar-refractivity contribution in [3.8, 4) is 0 Å². The van der Waals surface area contributed by atoms with Crippen LogP contribution in [-0.4, -0.2) is 50.5 Å². The van der Waals surface area contributed by atoms with Crippen LogP contribution >= 0.6 is 22.9 Å². The summed E-state index contributed by atoms with van der Waals surface area (Å²) in [5.74, 6) is 0.846. The number of thiophene rings is 1. The van der Waals surface area contributed by atoms with E-state index in [0.717, 1.165) is 29.1 Å². The molecule has 0 saturated heterocycles. The first-order valence-corrected chi connectivity index (χ1v) is 7.51. The van der Waals surface area contributed by atoms with Gasteiger partial charge in [-0.25, -0.2) is 4.98 Å². The molecule has 0 spiro atoms. The molecule has 2 aromatic rings. The van der Waals surface area contributed by atoms with Gasteiger partial charge >= 0.3 is 0 Å². The predicted octanol–water partition coefficient (Wildman–Crippen LogP) is 2.75. The Labute approximate surface area is 127 Å². The van der Waals surface area contributed by atoms with Crippen LogP contribution in [0.5, 0.6) is 0 Å². The molecule has 0 aliphatic carbocycles. The van der Waals surface area contributed by atoms with E-state index in [1.54, 1.807) is 25.6 Å². The largest absolute Gasteiger partial charge is 0.383 e. The predicted molar refractivity (Wildman–Crippen MR) is 83.1 cm³/mol. The Bertz CT molecular complexity index is 568. The summed E-state index contributed by atoms with van der Waals surface area (Å²) in [4.78, 5) is 12.9. The quantitative estimate of drug-likeness (QED) is 0.735. The van der Waals surface area contributed by atoms with Crippen molar-refractivity contribution in [3.63, 3.8) is 0 Å². The van der Waals surface area contributed by atoms with Crippen molar-refractivity contribution in [2.45, 2.75) is 6.92 Å². The fourth-order valence-corrected chi connectivity index (χ4v) is 3.06. The molecule has 7 heteroatoms. The maximum Gasteiger partial charge on any atom is 0.225 e. The first kappa shape index (κ1) is 15.4. The maximum absolute atomic E-state index is 6.04. The molecule has 0 saturated carbocycles. The monoisotopic (exact) mass is 315 g/mol. The van der Waals surface area contributed by atoms with Gasteiger partial charge in [0.2, 0.25) is 5.28 Å². The summed E-state index contributed by atoms with van der Waals surface area (Å²) < 4.78 is 10.3. The second-order valence-corrected chi connectivity index (χ2v) is 5.94. The van der Waals surface area contributed by atoms with Crippen LogP contribution in [0.15, 0.2) is 6.07 Å². The van der Waals surface area contributed by atoms with E-state index in [2.05, 4.69) is 27.9 Å². The van der Waals surface area contributed by atoms with Crippen LogP contribution in [0.25, 0.3) is 10.2 Å². The van der Waals surface area contributed by atoms with E-state index < -0.39 is 0 Å². The van der Waals surface area contributed by atoms with Gasteiger partial charge in [-0.2, -0.15) is 4.98 Å². The lowest BCUT2D eigenvalue weighted by Gasteiger charge is -2.23. The number of ether oxygens (including phenoxy) is 2. The number of hydrogen-bond donors (Lipinski definition) is 0. The third-order valence-corrected chi connectivity index (χ3v) is 4.01. The SMILES string of the molecule is COCCN(CCOC)c1nc(Cl)nc2sc(C)cc12. The first-order valence-electron chi connectivity index (χ1n) is 6.32. The van der Waals surface area contributed by atoms with Gasteiger partial charge in [0.15, 0.2) is 0 Å². The van der Waals surface area contributed by atoms with Gasteiger partial charge in [-0.1, -0.05) is 0 Å². The van der Waals surface area contributed by atoms with Crippen LogP contribution in [0.4, 0.5) is 5.82 Å². The lowest BCUT2D eigenvalue weighted by atomic mass is 10.3. The van der Waals surface area contributed by atoms with Crippen LogP contribution in [0, 0.1) is 6.92 Å². The van der Waals surface area contributed by atoms with E-state index in [-0.39, 0.29) is 5.28 Å². The van der Waals surface area contributed by atoms with Crippen molar-refractivity contribution in [1.82, 2.24) is 9.97 Å². The van der Waals surface area contributed by atoms with Gasteiger partial charge in [-0.3, -0.25) is 0 Å². The maximum atomic E-state index is 6.04. The Kier molecular flexibility index (Phi) is 5.54. The van der Waals surface area contributed by atoms with Gasteiger partial charge in [0.05, 0.1) is 18.6 Å². The molecule has 2 aromatic heterocycles. The summed E-state index contributed by atoms with van der Waals surface area (Å²) in [5, 5.41) is 1.30. The molecule has 0 aliphatic heterocycles. The minimum Gasteiger partial charge on any atom is -0.383 e. The van der Waals surface area contributed by atoms with Crippen LogP contribution in [0.3, 0.4) is 0 Å². The fourth-order valence-electron chi connectivity index (χ4n) is 1.97. The van der Waals surface area contributed by atoms with Crippen molar-refractivity contribution in [3.05, 3.63) is 16.2 Å². The molecule has 0 N–H and O–H groups in total. The highest BCUT2D eigenvalue weighted by Gasteiger charge is 2.15. The van der Waals surface area contributed by atoms with Crippen LogP contribution in [-0.2, 0) is 9.47 Å². The number of rotatable bonds is 7. The molecule has 5 nitrogen and oxygen atoms in total. The molecule has 0 amide bonds. The molecule has 0 atom stereocenters. The Hall–Kier alpha value is -0.950. The van der Waals surface area contributed by atoms with Crippen LogP contribution in [0.1, 0.15) is 4.88 Å². The number of aromatic nitrogens is 2. The van der Waals surface area contributed by atoms with Crippen molar-refractivity contribution in [2.24, 2.45) is 0 Å². The fraction of sp³-hybridized carbons (Fsp3) is 0.538. The summed E-state index contributed by atoms with van der Waals surface area (Å²) in [6, 6.07) is 2.10. The van der Waals surface area contributed by atoms with Gasteiger partial charge < -0.3 is 14.4 Å². The molecule has 20 heavy (non-hydrogen) atoms. The normalized spacial score (nSPS) is 11.2. The highest BCUT2D eigenvalue weighted by atomic mass is 35.5. The molecule has 2 rings (SSSR count). The number of methoxy groups -OCH3 is 2. The van der Waals surface area contributed by atoms with Crippen LogP contribution in [0.2, 0.25) is 5.28 Å². The second kappa shape index (κ2) is 7.17. The highest BCUT2D eigenvalue weighted by Crippen LogP contribution is 2.31. The van der Waals surface area contributed by atoms with Crippen molar-refractivity contribution >= 4 is 39.0 Å². The molecule has 0 fully saturated rings. The van der Waals surface area contributed by atoms with Gasteiger partial charge in [0.1, 0.15) is 10.6 Å². The van der Waals surface area contributed by atoms with E-state index >= 15 is 0 Å². The molecule has 110 valence electrons. The number of anilines is 1. The Morgan fingerprint density at radius 3 is 2.45 bits per heavy atom. The van der Waals surface area contributed by atoms with Crippen molar-refractivity contribution < 1.29 is 9.47 Å². The zero-order valence-corrected chi connectivity index (χ0v) is 13.4. The van der Waals surface area contributed by atoms with E-state index in [1.165, 1.54) is 4.88 Å². The third kappa shape index (κ3) is 3.58. The number of hydrogen-bond acceptors (Lipinski definition) is 6. The Morgan fingerprint density at radius 2 is 1.85 bits per heavy atom. The van der Waals surface area contributed by atoms with E-state index in [1.807, 2.05) is 0 Å². The zero-order valence-electron chi connectivity index (χ0n) is 11.9. The smallest absolute Gasteiger partial charge is 0.225 e. The Morgan fingerprint density at radius 1 is 1.20 bits per heavy atom. The zero-order chi connectivity index (χ0) is 14.5. The van der Waals surface area contributed by atoms with Crippen LogP contribution < -0.4 is 4.90 Å². The molecule has 0 aromatic carbocycles. The van der Waals surface area contributed by atoms with Crippen molar-refractivity contribution in [1.29, 1.82) is 0 Å². The summed E-state index contributed by atoms with van der Waals surface area (Å²) in [5.41, 5.74) is 0. The molecule has 0 unspecified atom stereocenters. The van der Waals surface area contributed by atoms with Gasteiger partial charge in [0, 0.05) is 32.2 Å². The van der Waals surface area contributed by atoms with E-state index in [4.69, 9.17) is 21.1 Å².